The molecule has 2 aliphatic rings. The zero-order chi connectivity index (χ0) is 22.4. The molecule has 0 saturated carbocycles. The molecule has 1 aromatic heterocycles. The topological polar surface area (TPSA) is 79.7 Å². The predicted molar refractivity (Wildman–Crippen MR) is 121 cm³/mol. The van der Waals surface area contributed by atoms with Gasteiger partial charge in [0.25, 0.3) is 11.7 Å². The molecule has 2 aromatic carbocycles. The van der Waals surface area contributed by atoms with Gasteiger partial charge < -0.3 is 9.84 Å². The third kappa shape index (κ3) is 3.24. The van der Waals surface area contributed by atoms with Gasteiger partial charge in [0.2, 0.25) is 0 Å². The van der Waals surface area contributed by atoms with Crippen LogP contribution in [0.3, 0.4) is 0 Å². The van der Waals surface area contributed by atoms with E-state index in [-0.39, 0.29) is 11.3 Å². The Morgan fingerprint density at radius 3 is 2.78 bits per heavy atom. The first kappa shape index (κ1) is 20.3. The van der Waals surface area contributed by atoms with Crippen molar-refractivity contribution in [2.75, 3.05) is 11.5 Å². The fourth-order valence-electron chi connectivity index (χ4n) is 4.31. The van der Waals surface area contributed by atoms with Crippen LogP contribution in [0.1, 0.15) is 28.3 Å². The number of ketones is 1. The zero-order valence-corrected chi connectivity index (χ0v) is 18.0. The molecule has 5 rings (SSSR count). The molecule has 1 saturated heterocycles. The molecule has 0 radical (unpaired) electrons. The summed E-state index contributed by atoms with van der Waals surface area (Å²) in [5, 5.41) is 11.8. The van der Waals surface area contributed by atoms with Crippen LogP contribution in [0.15, 0.2) is 66.5 Å². The largest absolute Gasteiger partial charge is 0.507 e. The second kappa shape index (κ2) is 7.80. The first-order chi connectivity index (χ1) is 15.5. The standard InChI is InChI=1S/C25H19ClN2O4/c1-14-11-18(26)5-6-19(14)28-22(17-3-2-9-27-13-17)21(24(30)25(28)31)23(29)16-4-7-20-15(12-16)8-10-32-20/h2-7,9,11-13,22,29H,8,10H2,1H3/b23-21-. The summed E-state index contributed by atoms with van der Waals surface area (Å²) < 4.78 is 5.54. The van der Waals surface area contributed by atoms with Crippen molar-refractivity contribution in [3.63, 3.8) is 0 Å². The van der Waals surface area contributed by atoms with Gasteiger partial charge in [-0.05, 0) is 66.1 Å². The van der Waals surface area contributed by atoms with Crippen molar-refractivity contribution < 1.29 is 19.4 Å². The Morgan fingerprint density at radius 2 is 2.03 bits per heavy atom. The molecule has 1 N–H and O–H groups in total. The van der Waals surface area contributed by atoms with E-state index in [4.69, 9.17) is 16.3 Å². The Hall–Kier alpha value is -3.64. The molecule has 3 aromatic rings. The van der Waals surface area contributed by atoms with Crippen molar-refractivity contribution in [3.05, 3.63) is 93.8 Å². The number of rotatable bonds is 3. The molecule has 1 atom stereocenters. The number of aryl methyl sites for hydroxylation is 1. The van der Waals surface area contributed by atoms with E-state index in [0.29, 0.717) is 28.4 Å². The van der Waals surface area contributed by atoms with E-state index in [1.807, 2.05) is 6.92 Å². The highest BCUT2D eigenvalue weighted by Gasteiger charge is 2.47. The molecule has 32 heavy (non-hydrogen) atoms. The summed E-state index contributed by atoms with van der Waals surface area (Å²) in [5.41, 5.74) is 3.35. The first-order valence-corrected chi connectivity index (χ1v) is 10.6. The number of fused-ring (bicyclic) bond motifs is 1. The lowest BCUT2D eigenvalue weighted by molar-refractivity contribution is -0.132. The van der Waals surface area contributed by atoms with Crippen molar-refractivity contribution in [1.29, 1.82) is 0 Å². The van der Waals surface area contributed by atoms with Crippen LogP contribution in [0.4, 0.5) is 5.69 Å². The number of aliphatic hydroxyl groups excluding tert-OH is 1. The van der Waals surface area contributed by atoms with Gasteiger partial charge in [0.05, 0.1) is 18.2 Å². The van der Waals surface area contributed by atoms with Crippen LogP contribution in [0.25, 0.3) is 5.76 Å². The Kier molecular flexibility index (Phi) is 4.94. The molecule has 3 heterocycles. The Morgan fingerprint density at radius 1 is 1.19 bits per heavy atom. The summed E-state index contributed by atoms with van der Waals surface area (Å²) in [5.74, 6) is -0.915. The monoisotopic (exact) mass is 446 g/mol. The lowest BCUT2D eigenvalue weighted by Gasteiger charge is -2.26. The van der Waals surface area contributed by atoms with Crippen molar-refractivity contribution in [2.45, 2.75) is 19.4 Å². The summed E-state index contributed by atoms with van der Waals surface area (Å²) in [6, 6.07) is 13.1. The Balaban J connectivity index is 1.71. The van der Waals surface area contributed by atoms with Gasteiger partial charge in [-0.15, -0.1) is 0 Å². The van der Waals surface area contributed by atoms with E-state index < -0.39 is 17.7 Å². The number of anilines is 1. The maximum Gasteiger partial charge on any atom is 0.300 e. The van der Waals surface area contributed by atoms with Crippen molar-refractivity contribution >= 4 is 34.7 Å². The number of ether oxygens (including phenoxy) is 1. The van der Waals surface area contributed by atoms with Gasteiger partial charge in [0, 0.05) is 35.1 Å². The quantitative estimate of drug-likeness (QED) is 0.361. The van der Waals surface area contributed by atoms with Crippen LogP contribution >= 0.6 is 11.6 Å². The second-order valence-corrected chi connectivity index (χ2v) is 8.24. The molecule has 2 aliphatic heterocycles. The predicted octanol–water partition coefficient (Wildman–Crippen LogP) is 4.60. The summed E-state index contributed by atoms with van der Waals surface area (Å²) in [4.78, 5) is 32.0. The van der Waals surface area contributed by atoms with Gasteiger partial charge in [0.15, 0.2) is 0 Å². The molecule has 160 valence electrons. The molecule has 1 unspecified atom stereocenters. The average molecular weight is 447 g/mol. The first-order valence-electron chi connectivity index (χ1n) is 10.2. The number of halogens is 1. The number of benzene rings is 2. The summed E-state index contributed by atoms with van der Waals surface area (Å²) in [6.07, 6.45) is 3.93. The third-order valence-corrected chi connectivity index (χ3v) is 6.06. The smallest absolute Gasteiger partial charge is 0.300 e. The SMILES string of the molecule is Cc1cc(Cl)ccc1N1C(=O)C(=O)/C(=C(\O)c2ccc3c(c2)CCO3)C1c1cccnc1. The summed E-state index contributed by atoms with van der Waals surface area (Å²) in [7, 11) is 0. The van der Waals surface area contributed by atoms with Gasteiger partial charge in [-0.1, -0.05) is 17.7 Å². The Labute approximate surface area is 189 Å². The number of aliphatic hydroxyl groups is 1. The number of Topliss-reactive ketones (excluding diaryl/α,β-unsaturated/α-hetero) is 1. The number of hydrogen-bond acceptors (Lipinski definition) is 5. The number of carbonyl (C=O) groups is 2. The summed E-state index contributed by atoms with van der Waals surface area (Å²) in [6.45, 7) is 2.40. The van der Waals surface area contributed by atoms with E-state index in [1.165, 1.54) is 4.90 Å². The minimum atomic E-state index is -0.826. The van der Waals surface area contributed by atoms with Crippen LogP contribution < -0.4 is 9.64 Å². The van der Waals surface area contributed by atoms with Crippen LogP contribution in [-0.2, 0) is 16.0 Å². The number of pyridine rings is 1. The van der Waals surface area contributed by atoms with E-state index in [1.54, 1.807) is 60.9 Å². The van der Waals surface area contributed by atoms with Gasteiger partial charge in [0.1, 0.15) is 11.5 Å². The highest BCUT2D eigenvalue weighted by atomic mass is 35.5. The van der Waals surface area contributed by atoms with Gasteiger partial charge >= 0.3 is 0 Å². The molecular formula is C25H19ClN2O4. The molecule has 1 fully saturated rings. The molecule has 1 amide bonds. The van der Waals surface area contributed by atoms with Crippen molar-refractivity contribution in [1.82, 2.24) is 4.98 Å². The van der Waals surface area contributed by atoms with Gasteiger partial charge in [-0.25, -0.2) is 0 Å². The van der Waals surface area contributed by atoms with Crippen molar-refractivity contribution in [3.8, 4) is 5.75 Å². The average Bonchev–Trinajstić information content (AvgIpc) is 3.36. The minimum absolute atomic E-state index is 0.0243. The summed E-state index contributed by atoms with van der Waals surface area (Å²) >= 11 is 6.11. The number of nitrogens with zero attached hydrogens (tertiary/aromatic N) is 2. The molecule has 7 heteroatoms. The van der Waals surface area contributed by atoms with Crippen LogP contribution in [0.5, 0.6) is 5.75 Å². The lowest BCUT2D eigenvalue weighted by atomic mass is 9.95. The number of carbonyl (C=O) groups excluding carboxylic acids is 2. The zero-order valence-electron chi connectivity index (χ0n) is 17.2. The number of amides is 1. The molecular weight excluding hydrogens is 428 g/mol. The molecule has 0 aliphatic carbocycles. The number of aromatic nitrogens is 1. The fraction of sp³-hybridized carbons (Fsp3) is 0.160. The van der Waals surface area contributed by atoms with Crippen LogP contribution in [-0.4, -0.2) is 28.4 Å². The molecule has 6 nitrogen and oxygen atoms in total. The molecule has 0 spiro atoms. The maximum atomic E-state index is 13.2. The normalized spacial score (nSPS) is 19.2. The molecule has 0 bridgehead atoms. The Bertz CT molecular complexity index is 1290. The second-order valence-electron chi connectivity index (χ2n) is 7.81. The fourth-order valence-corrected chi connectivity index (χ4v) is 4.54. The lowest BCUT2D eigenvalue weighted by Crippen LogP contribution is -2.30. The minimum Gasteiger partial charge on any atom is -0.507 e. The van der Waals surface area contributed by atoms with E-state index >= 15 is 0 Å². The van der Waals surface area contributed by atoms with Crippen LogP contribution in [0.2, 0.25) is 5.02 Å². The van der Waals surface area contributed by atoms with Gasteiger partial charge in [-0.3, -0.25) is 19.5 Å². The third-order valence-electron chi connectivity index (χ3n) is 5.83. The van der Waals surface area contributed by atoms with Gasteiger partial charge in [-0.2, -0.15) is 0 Å². The number of hydrogen-bond donors (Lipinski definition) is 1. The maximum absolute atomic E-state index is 13.2. The van der Waals surface area contributed by atoms with Crippen LogP contribution in [0, 0.1) is 6.92 Å². The van der Waals surface area contributed by atoms with E-state index in [0.717, 1.165) is 23.3 Å². The van der Waals surface area contributed by atoms with E-state index in [9.17, 15) is 14.7 Å². The highest BCUT2D eigenvalue weighted by molar-refractivity contribution is 6.51. The van der Waals surface area contributed by atoms with E-state index in [2.05, 4.69) is 4.98 Å². The highest BCUT2D eigenvalue weighted by Crippen LogP contribution is 2.43. The van der Waals surface area contributed by atoms with Crippen molar-refractivity contribution in [2.24, 2.45) is 0 Å².